The van der Waals surface area contributed by atoms with Gasteiger partial charge in [-0.2, -0.15) is 0 Å². The van der Waals surface area contributed by atoms with E-state index >= 15 is 0 Å². The van der Waals surface area contributed by atoms with Gasteiger partial charge in [0.05, 0.1) is 15.2 Å². The Labute approximate surface area is 154 Å². The summed E-state index contributed by atoms with van der Waals surface area (Å²) < 4.78 is 1.24. The highest BCUT2D eigenvalue weighted by atomic mass is 32.1. The molecule has 0 saturated carbocycles. The highest BCUT2D eigenvalue weighted by Crippen LogP contribution is 2.22. The van der Waals surface area contributed by atoms with Crippen LogP contribution in [0, 0.1) is 5.92 Å². The molecule has 1 saturated heterocycles. The molecule has 1 fully saturated rings. The van der Waals surface area contributed by atoms with Crippen molar-refractivity contribution in [3.63, 3.8) is 0 Å². The van der Waals surface area contributed by atoms with E-state index in [1.807, 2.05) is 11.0 Å². The predicted octanol–water partition coefficient (Wildman–Crippen LogP) is 3.81. The largest absolute Gasteiger partial charge is 0.340 e. The van der Waals surface area contributed by atoms with Crippen LogP contribution in [0.2, 0.25) is 0 Å². The summed E-state index contributed by atoms with van der Waals surface area (Å²) in [5, 5.41) is 1.15. The average Bonchev–Trinajstić information content (AvgIpc) is 3.03. The number of aryl methyl sites for hydroxylation is 1. The number of carbonyl (C=O) groups excluding carboxylic acids is 1. The van der Waals surface area contributed by atoms with Gasteiger partial charge in [-0.3, -0.25) is 9.69 Å². The minimum absolute atomic E-state index is 0.310. The van der Waals surface area contributed by atoms with E-state index in [0.29, 0.717) is 12.3 Å². The molecular formula is C20H29N3OS. The van der Waals surface area contributed by atoms with Crippen LogP contribution in [-0.2, 0) is 11.2 Å². The maximum atomic E-state index is 12.4. The number of nitrogens with zero attached hydrogens (tertiary/aromatic N) is 3. The van der Waals surface area contributed by atoms with E-state index in [9.17, 15) is 4.79 Å². The third-order valence-electron chi connectivity index (χ3n) is 4.87. The molecule has 25 heavy (non-hydrogen) atoms. The number of piperazine rings is 1. The van der Waals surface area contributed by atoms with Gasteiger partial charge in [-0.25, -0.2) is 4.98 Å². The number of amides is 1. The van der Waals surface area contributed by atoms with E-state index in [4.69, 9.17) is 0 Å². The van der Waals surface area contributed by atoms with Crippen LogP contribution in [0.15, 0.2) is 24.3 Å². The molecule has 3 rings (SSSR count). The van der Waals surface area contributed by atoms with Crippen LogP contribution in [0.3, 0.4) is 0 Å². The number of fused-ring (bicyclic) bond motifs is 1. The van der Waals surface area contributed by atoms with E-state index in [0.717, 1.165) is 62.0 Å². The molecule has 0 bridgehead atoms. The highest BCUT2D eigenvalue weighted by Gasteiger charge is 2.20. The molecule has 136 valence electrons. The smallest absolute Gasteiger partial charge is 0.222 e. The van der Waals surface area contributed by atoms with Gasteiger partial charge < -0.3 is 4.90 Å². The SMILES string of the molecule is CC(C)CCN1CCN(C(=O)CCCc2nc3ccccc3s2)CC1. The van der Waals surface area contributed by atoms with Crippen molar-refractivity contribution in [2.45, 2.75) is 39.5 Å². The minimum atomic E-state index is 0.310. The third-order valence-corrected chi connectivity index (χ3v) is 5.96. The molecule has 1 aromatic carbocycles. The van der Waals surface area contributed by atoms with Gasteiger partial charge in [-0.05, 0) is 43.9 Å². The number of para-hydroxylation sites is 1. The van der Waals surface area contributed by atoms with Crippen molar-refractivity contribution in [3.05, 3.63) is 29.3 Å². The molecule has 0 N–H and O–H groups in total. The summed E-state index contributed by atoms with van der Waals surface area (Å²) >= 11 is 1.75. The van der Waals surface area contributed by atoms with Crippen LogP contribution in [0.4, 0.5) is 0 Å². The first-order valence-corrected chi connectivity index (χ1v) is 10.3. The van der Waals surface area contributed by atoms with Crippen LogP contribution in [0.1, 0.15) is 38.1 Å². The van der Waals surface area contributed by atoms with Crippen molar-refractivity contribution in [2.75, 3.05) is 32.7 Å². The van der Waals surface area contributed by atoms with Crippen molar-refractivity contribution in [1.29, 1.82) is 0 Å². The fourth-order valence-electron chi connectivity index (χ4n) is 3.24. The zero-order chi connectivity index (χ0) is 17.6. The molecular weight excluding hydrogens is 330 g/mol. The molecule has 1 aliphatic rings. The summed E-state index contributed by atoms with van der Waals surface area (Å²) in [4.78, 5) is 21.6. The zero-order valence-electron chi connectivity index (χ0n) is 15.4. The van der Waals surface area contributed by atoms with E-state index in [-0.39, 0.29) is 0 Å². The fraction of sp³-hybridized carbons (Fsp3) is 0.600. The maximum Gasteiger partial charge on any atom is 0.222 e. The summed E-state index contributed by atoms with van der Waals surface area (Å²) in [6.45, 7) is 9.52. The number of hydrogen-bond acceptors (Lipinski definition) is 4. The Balaban J connectivity index is 1.38. The normalized spacial score (nSPS) is 16.0. The summed E-state index contributed by atoms with van der Waals surface area (Å²) in [5.74, 6) is 1.06. The summed E-state index contributed by atoms with van der Waals surface area (Å²) in [7, 11) is 0. The van der Waals surface area contributed by atoms with Crippen molar-refractivity contribution < 1.29 is 4.79 Å². The summed E-state index contributed by atoms with van der Waals surface area (Å²) in [6, 6.07) is 8.24. The van der Waals surface area contributed by atoms with Gasteiger partial charge in [-0.15, -0.1) is 11.3 Å². The minimum Gasteiger partial charge on any atom is -0.340 e. The van der Waals surface area contributed by atoms with Crippen LogP contribution in [0.25, 0.3) is 10.2 Å². The van der Waals surface area contributed by atoms with Crippen molar-refractivity contribution in [2.24, 2.45) is 5.92 Å². The molecule has 2 heterocycles. The second-order valence-corrected chi connectivity index (χ2v) is 8.45. The predicted molar refractivity (Wildman–Crippen MR) is 105 cm³/mol. The molecule has 0 spiro atoms. The zero-order valence-corrected chi connectivity index (χ0v) is 16.2. The van der Waals surface area contributed by atoms with Crippen molar-refractivity contribution >= 4 is 27.5 Å². The number of rotatable bonds is 7. The van der Waals surface area contributed by atoms with Crippen molar-refractivity contribution in [3.8, 4) is 0 Å². The molecule has 0 aliphatic carbocycles. The average molecular weight is 360 g/mol. The van der Waals surface area contributed by atoms with Crippen molar-refractivity contribution in [1.82, 2.24) is 14.8 Å². The number of aromatic nitrogens is 1. The third kappa shape index (κ3) is 5.25. The standard InChI is InChI=1S/C20H29N3OS/c1-16(2)10-11-22-12-14-23(15-13-22)20(24)9-5-8-19-21-17-6-3-4-7-18(17)25-19/h3-4,6-7,16H,5,8-15H2,1-2H3. The van der Waals surface area contributed by atoms with E-state index in [2.05, 4.69) is 41.9 Å². The van der Waals surface area contributed by atoms with Crippen LogP contribution in [0.5, 0.6) is 0 Å². The maximum absolute atomic E-state index is 12.4. The summed E-state index contributed by atoms with van der Waals surface area (Å²) in [6.07, 6.45) is 3.68. The number of benzene rings is 1. The van der Waals surface area contributed by atoms with Gasteiger partial charge in [0, 0.05) is 32.6 Å². The first-order chi connectivity index (χ1) is 12.1. The Morgan fingerprint density at radius 2 is 1.96 bits per heavy atom. The van der Waals surface area contributed by atoms with Gasteiger partial charge in [-0.1, -0.05) is 26.0 Å². The van der Waals surface area contributed by atoms with E-state index in [1.54, 1.807) is 11.3 Å². The van der Waals surface area contributed by atoms with Crippen LogP contribution >= 0.6 is 11.3 Å². The number of thiazole rings is 1. The van der Waals surface area contributed by atoms with E-state index < -0.39 is 0 Å². The molecule has 5 heteroatoms. The first kappa shape index (κ1) is 18.3. The molecule has 1 aromatic heterocycles. The van der Waals surface area contributed by atoms with Gasteiger partial charge >= 0.3 is 0 Å². The van der Waals surface area contributed by atoms with E-state index in [1.165, 1.54) is 11.1 Å². The Hall–Kier alpha value is -1.46. The number of carbonyl (C=O) groups is 1. The lowest BCUT2D eigenvalue weighted by Crippen LogP contribution is -2.48. The molecule has 4 nitrogen and oxygen atoms in total. The van der Waals surface area contributed by atoms with Gasteiger partial charge in [0.2, 0.25) is 5.91 Å². The lowest BCUT2D eigenvalue weighted by molar-refractivity contribution is -0.133. The van der Waals surface area contributed by atoms with Gasteiger partial charge in [0.1, 0.15) is 0 Å². The Kier molecular flexibility index (Phi) is 6.43. The topological polar surface area (TPSA) is 36.4 Å². The lowest BCUT2D eigenvalue weighted by atomic mass is 10.1. The Bertz CT molecular complexity index is 656. The number of hydrogen-bond donors (Lipinski definition) is 0. The van der Waals surface area contributed by atoms with Gasteiger partial charge in [0.25, 0.3) is 0 Å². The molecule has 2 aromatic rings. The van der Waals surface area contributed by atoms with Gasteiger partial charge in [0.15, 0.2) is 0 Å². The van der Waals surface area contributed by atoms with Crippen LogP contribution in [-0.4, -0.2) is 53.4 Å². The fourth-order valence-corrected chi connectivity index (χ4v) is 4.25. The quantitative estimate of drug-likeness (QED) is 0.754. The molecule has 0 unspecified atom stereocenters. The molecule has 1 aliphatic heterocycles. The van der Waals surface area contributed by atoms with Crippen LogP contribution < -0.4 is 0 Å². The second-order valence-electron chi connectivity index (χ2n) is 7.33. The highest BCUT2D eigenvalue weighted by molar-refractivity contribution is 7.18. The monoisotopic (exact) mass is 359 g/mol. The Morgan fingerprint density at radius 3 is 2.68 bits per heavy atom. The molecule has 0 radical (unpaired) electrons. The Morgan fingerprint density at radius 1 is 1.20 bits per heavy atom. The summed E-state index contributed by atoms with van der Waals surface area (Å²) in [5.41, 5.74) is 1.08. The second kappa shape index (κ2) is 8.77. The molecule has 0 atom stereocenters. The molecule has 1 amide bonds. The first-order valence-electron chi connectivity index (χ1n) is 9.46. The lowest BCUT2D eigenvalue weighted by Gasteiger charge is -2.35.